The van der Waals surface area contributed by atoms with Crippen molar-refractivity contribution in [2.75, 3.05) is 6.79 Å². The molecule has 11 nitrogen and oxygen atoms in total. The minimum atomic E-state index is -0.597. The standard InChI is InChI=1S/C31H18BrClN4O7/c32-20-6-8-25-18(10-20)12-28(44-25)30-35-23-4-2-1-3-22(23)31(38)36(30)34-14-19-11-21(33)13-24(37(39)40)29(19)41-15-17-5-7-26-27(9-17)43-16-42-26/h1-14H,15-16H2. The molecular formula is C31H18BrClN4O7. The second-order valence-electron chi connectivity index (χ2n) is 9.68. The molecule has 44 heavy (non-hydrogen) atoms. The molecule has 0 amide bonds. The number of nitro benzene ring substituents is 1. The highest BCUT2D eigenvalue weighted by atomic mass is 79.9. The number of fused-ring (bicyclic) bond motifs is 3. The average Bonchev–Trinajstić information content (AvgIpc) is 3.66. The average molecular weight is 674 g/mol. The lowest BCUT2D eigenvalue weighted by molar-refractivity contribution is -0.385. The van der Waals surface area contributed by atoms with E-state index >= 15 is 0 Å². The van der Waals surface area contributed by atoms with Crippen LogP contribution in [-0.4, -0.2) is 27.6 Å². The monoisotopic (exact) mass is 672 g/mol. The Bertz CT molecular complexity index is 2210. The Hall–Kier alpha value is -5.20. The maximum Gasteiger partial charge on any atom is 0.313 e. The fraction of sp³-hybridized carbons (Fsp3) is 0.0645. The molecule has 0 saturated heterocycles. The molecule has 1 aliphatic rings. The summed E-state index contributed by atoms with van der Waals surface area (Å²) in [6.07, 6.45) is 1.27. The zero-order valence-electron chi connectivity index (χ0n) is 22.4. The van der Waals surface area contributed by atoms with Crippen LogP contribution in [0.4, 0.5) is 5.69 Å². The van der Waals surface area contributed by atoms with Gasteiger partial charge in [0.2, 0.25) is 18.4 Å². The van der Waals surface area contributed by atoms with E-state index in [1.165, 1.54) is 18.3 Å². The van der Waals surface area contributed by atoms with Crippen molar-refractivity contribution >= 4 is 61.3 Å². The van der Waals surface area contributed by atoms with Crippen LogP contribution in [-0.2, 0) is 6.61 Å². The van der Waals surface area contributed by atoms with Gasteiger partial charge in [0.1, 0.15) is 12.2 Å². The van der Waals surface area contributed by atoms with Crippen molar-refractivity contribution in [1.82, 2.24) is 9.66 Å². The Morgan fingerprint density at radius 2 is 1.91 bits per heavy atom. The van der Waals surface area contributed by atoms with E-state index in [0.717, 1.165) is 14.5 Å². The van der Waals surface area contributed by atoms with Gasteiger partial charge in [-0.3, -0.25) is 14.9 Å². The normalized spacial score (nSPS) is 12.4. The van der Waals surface area contributed by atoms with E-state index < -0.39 is 10.5 Å². The summed E-state index contributed by atoms with van der Waals surface area (Å²) >= 11 is 9.73. The number of nitrogens with zero attached hydrogens (tertiary/aromatic N) is 4. The van der Waals surface area contributed by atoms with Crippen LogP contribution in [0.5, 0.6) is 17.2 Å². The topological polar surface area (TPSA) is 131 Å². The molecule has 7 rings (SSSR count). The molecule has 2 aromatic heterocycles. The summed E-state index contributed by atoms with van der Waals surface area (Å²) in [6.45, 7) is 0.0801. The number of hydrogen-bond donors (Lipinski definition) is 0. The Labute approximate surface area is 261 Å². The first-order valence-electron chi connectivity index (χ1n) is 13.1. The first-order chi connectivity index (χ1) is 21.3. The molecule has 0 unspecified atom stereocenters. The summed E-state index contributed by atoms with van der Waals surface area (Å²) in [5.74, 6) is 1.50. The van der Waals surface area contributed by atoms with Gasteiger partial charge in [0.05, 0.1) is 22.0 Å². The first-order valence-corrected chi connectivity index (χ1v) is 14.3. The lowest BCUT2D eigenvalue weighted by Gasteiger charge is -2.11. The number of halogens is 2. The van der Waals surface area contributed by atoms with Crippen LogP contribution in [0.1, 0.15) is 11.1 Å². The van der Waals surface area contributed by atoms with Gasteiger partial charge < -0.3 is 18.6 Å². The number of rotatable bonds is 7. The van der Waals surface area contributed by atoms with Crippen molar-refractivity contribution < 1.29 is 23.6 Å². The van der Waals surface area contributed by atoms with Crippen LogP contribution < -0.4 is 19.8 Å². The van der Waals surface area contributed by atoms with E-state index in [0.29, 0.717) is 39.3 Å². The SMILES string of the molecule is O=c1c2ccccc2nc(-c2cc3cc(Br)ccc3o2)n1N=Cc1cc(Cl)cc([N+](=O)[O-])c1OCc1ccc2c(c1)OCO2. The summed E-state index contributed by atoms with van der Waals surface area (Å²) in [4.78, 5) is 29.8. The fourth-order valence-corrected chi connectivity index (χ4v) is 5.41. The molecule has 0 aliphatic carbocycles. The lowest BCUT2D eigenvalue weighted by Crippen LogP contribution is -2.20. The maximum atomic E-state index is 13.7. The van der Waals surface area contributed by atoms with Gasteiger partial charge in [0.25, 0.3) is 5.56 Å². The van der Waals surface area contributed by atoms with E-state index in [1.54, 1.807) is 54.6 Å². The van der Waals surface area contributed by atoms with E-state index in [2.05, 4.69) is 26.0 Å². The number of hydrogen-bond acceptors (Lipinski definition) is 9. The molecule has 0 fully saturated rings. The number of ether oxygens (including phenoxy) is 3. The van der Waals surface area contributed by atoms with Crippen molar-refractivity contribution in [2.24, 2.45) is 5.10 Å². The molecule has 0 radical (unpaired) electrons. The number of aromatic nitrogens is 2. The van der Waals surface area contributed by atoms with Crippen molar-refractivity contribution in [2.45, 2.75) is 6.61 Å². The predicted octanol–water partition coefficient (Wildman–Crippen LogP) is 7.32. The lowest BCUT2D eigenvalue weighted by atomic mass is 10.1. The fourth-order valence-electron chi connectivity index (χ4n) is 4.81. The van der Waals surface area contributed by atoms with Gasteiger partial charge in [-0.1, -0.05) is 45.7 Å². The van der Waals surface area contributed by atoms with Gasteiger partial charge in [-0.25, -0.2) is 4.98 Å². The number of para-hydroxylation sites is 1. The third-order valence-corrected chi connectivity index (χ3v) is 7.56. The minimum Gasteiger partial charge on any atom is -0.481 e. The van der Waals surface area contributed by atoms with Gasteiger partial charge in [-0.2, -0.15) is 9.78 Å². The first kappa shape index (κ1) is 27.6. The molecule has 0 saturated carbocycles. The minimum absolute atomic E-state index is 0.0305. The van der Waals surface area contributed by atoms with Crippen LogP contribution in [0.2, 0.25) is 5.02 Å². The summed E-state index contributed by atoms with van der Waals surface area (Å²) in [6, 6.07) is 22.0. The molecule has 1 aliphatic heterocycles. The van der Waals surface area contributed by atoms with Crippen molar-refractivity contribution in [1.29, 1.82) is 0 Å². The molecule has 0 atom stereocenters. The number of furan rings is 1. The van der Waals surface area contributed by atoms with Crippen LogP contribution in [0, 0.1) is 10.1 Å². The highest BCUT2D eigenvalue weighted by Crippen LogP contribution is 2.36. The molecule has 0 spiro atoms. The maximum absolute atomic E-state index is 13.7. The van der Waals surface area contributed by atoms with E-state index in [4.69, 9.17) is 30.2 Å². The summed E-state index contributed by atoms with van der Waals surface area (Å²) in [5.41, 5.74) is 1.06. The van der Waals surface area contributed by atoms with E-state index in [9.17, 15) is 14.9 Å². The molecule has 218 valence electrons. The third-order valence-electron chi connectivity index (χ3n) is 6.84. The predicted molar refractivity (Wildman–Crippen MR) is 167 cm³/mol. The zero-order valence-corrected chi connectivity index (χ0v) is 24.7. The quantitative estimate of drug-likeness (QED) is 0.0979. The van der Waals surface area contributed by atoms with Crippen LogP contribution in [0.3, 0.4) is 0 Å². The van der Waals surface area contributed by atoms with Gasteiger partial charge in [0.15, 0.2) is 17.3 Å². The molecule has 13 heteroatoms. The molecule has 0 bridgehead atoms. The summed E-state index contributed by atoms with van der Waals surface area (Å²) < 4.78 is 24.7. The van der Waals surface area contributed by atoms with Crippen molar-refractivity contribution in [3.05, 3.63) is 120 Å². The zero-order chi connectivity index (χ0) is 30.4. The molecule has 6 aromatic rings. The Morgan fingerprint density at radius 1 is 1.07 bits per heavy atom. The Balaban J connectivity index is 1.34. The van der Waals surface area contributed by atoms with Crippen LogP contribution in [0.25, 0.3) is 33.5 Å². The van der Waals surface area contributed by atoms with Crippen molar-refractivity contribution in [3.8, 4) is 28.8 Å². The number of nitro groups is 1. The third kappa shape index (κ3) is 5.14. The van der Waals surface area contributed by atoms with Gasteiger partial charge in [-0.15, -0.1) is 0 Å². The molecule has 0 N–H and O–H groups in total. The smallest absolute Gasteiger partial charge is 0.313 e. The van der Waals surface area contributed by atoms with Gasteiger partial charge in [-0.05, 0) is 60.2 Å². The van der Waals surface area contributed by atoms with Crippen LogP contribution in [0.15, 0.2) is 97.6 Å². The van der Waals surface area contributed by atoms with Crippen LogP contribution >= 0.6 is 27.5 Å². The Morgan fingerprint density at radius 3 is 2.77 bits per heavy atom. The number of benzene rings is 4. The van der Waals surface area contributed by atoms with Gasteiger partial charge >= 0.3 is 5.69 Å². The second-order valence-corrected chi connectivity index (χ2v) is 11.0. The van der Waals surface area contributed by atoms with E-state index in [1.807, 2.05) is 12.1 Å². The molecule has 3 heterocycles. The highest BCUT2D eigenvalue weighted by Gasteiger charge is 2.22. The molecular weight excluding hydrogens is 656 g/mol. The summed E-state index contributed by atoms with van der Waals surface area (Å²) in [7, 11) is 0. The van der Waals surface area contributed by atoms with Crippen molar-refractivity contribution in [3.63, 3.8) is 0 Å². The van der Waals surface area contributed by atoms with E-state index in [-0.39, 0.29) is 41.2 Å². The Kier molecular flexibility index (Phi) is 6.99. The van der Waals surface area contributed by atoms with Gasteiger partial charge in [0, 0.05) is 26.5 Å². The molecule has 4 aromatic carbocycles. The summed E-state index contributed by atoms with van der Waals surface area (Å²) in [5, 5.41) is 17.7. The highest BCUT2D eigenvalue weighted by molar-refractivity contribution is 9.10. The second kappa shape index (κ2) is 11.1. The largest absolute Gasteiger partial charge is 0.481 e.